The van der Waals surface area contributed by atoms with Crippen molar-refractivity contribution in [3.63, 3.8) is 0 Å². The number of primary amides is 1. The number of hydrogen-bond donors (Lipinski definition) is 3. The first-order chi connectivity index (χ1) is 10.4. The minimum Gasteiger partial charge on any atom is -0.364 e. The Hall–Kier alpha value is -2.67. The van der Waals surface area contributed by atoms with E-state index in [0.29, 0.717) is 17.8 Å². The van der Waals surface area contributed by atoms with Crippen molar-refractivity contribution < 1.29 is 14.8 Å². The largest absolute Gasteiger partial charge is 0.364 e. The van der Waals surface area contributed by atoms with Gasteiger partial charge >= 0.3 is 0 Å². The highest BCUT2D eigenvalue weighted by Gasteiger charge is 2.15. The molecule has 2 aromatic rings. The number of rotatable bonds is 5. The summed E-state index contributed by atoms with van der Waals surface area (Å²) >= 11 is 0. The Morgan fingerprint density at radius 3 is 2.55 bits per heavy atom. The van der Waals surface area contributed by atoms with Gasteiger partial charge in [-0.15, -0.1) is 0 Å². The average molecular weight is 302 g/mol. The molecule has 1 aromatic heterocycles. The minimum atomic E-state index is -0.557. The number of amides is 2. The summed E-state index contributed by atoms with van der Waals surface area (Å²) in [5.41, 5.74) is 9.39. The lowest BCUT2D eigenvalue weighted by atomic mass is 9.99. The lowest BCUT2D eigenvalue weighted by Gasteiger charge is -2.14. The molecule has 7 heteroatoms. The van der Waals surface area contributed by atoms with Crippen LogP contribution in [0.1, 0.15) is 44.9 Å². The lowest BCUT2D eigenvalue weighted by Crippen LogP contribution is -2.20. The van der Waals surface area contributed by atoms with E-state index in [1.807, 2.05) is 6.92 Å². The van der Waals surface area contributed by atoms with Gasteiger partial charge in [0.25, 0.3) is 11.8 Å². The van der Waals surface area contributed by atoms with Crippen LogP contribution in [0.3, 0.4) is 0 Å². The molecule has 0 fully saturated rings. The second-order valence-electron chi connectivity index (χ2n) is 5.18. The van der Waals surface area contributed by atoms with Gasteiger partial charge in [0.2, 0.25) is 0 Å². The molecular formula is C15H18N4O3. The summed E-state index contributed by atoms with van der Waals surface area (Å²) in [6.45, 7) is 4.29. The van der Waals surface area contributed by atoms with Crippen molar-refractivity contribution >= 4 is 11.8 Å². The van der Waals surface area contributed by atoms with Crippen LogP contribution in [0.2, 0.25) is 0 Å². The van der Waals surface area contributed by atoms with Gasteiger partial charge in [-0.2, -0.15) is 5.10 Å². The van der Waals surface area contributed by atoms with Crippen LogP contribution in [-0.2, 0) is 6.54 Å². The highest BCUT2D eigenvalue weighted by Crippen LogP contribution is 2.19. The van der Waals surface area contributed by atoms with E-state index in [9.17, 15) is 9.59 Å². The van der Waals surface area contributed by atoms with Crippen molar-refractivity contribution in [2.24, 2.45) is 5.73 Å². The standard InChI is InChI=1S/C15H18N4O3/c1-9(8-19-13(14(16)20)7-10(2)17-19)11-3-5-12(6-4-11)15(21)18-22/h3-7,9,22H,8H2,1-2H3,(H2,16,20)(H,18,21). The van der Waals surface area contributed by atoms with Crippen LogP contribution in [0.15, 0.2) is 30.3 Å². The Bertz CT molecular complexity index is 691. The van der Waals surface area contributed by atoms with Crippen LogP contribution in [0, 0.1) is 6.92 Å². The zero-order valence-electron chi connectivity index (χ0n) is 12.4. The molecule has 0 spiro atoms. The highest BCUT2D eigenvalue weighted by molar-refractivity contribution is 5.93. The molecular weight excluding hydrogens is 284 g/mol. The Morgan fingerprint density at radius 1 is 1.36 bits per heavy atom. The fourth-order valence-electron chi connectivity index (χ4n) is 2.28. The van der Waals surface area contributed by atoms with Gasteiger partial charge in [-0.25, -0.2) is 5.48 Å². The van der Waals surface area contributed by atoms with Gasteiger partial charge in [-0.1, -0.05) is 19.1 Å². The third-order valence-electron chi connectivity index (χ3n) is 3.44. The number of carbonyl (C=O) groups is 2. The molecule has 1 unspecified atom stereocenters. The first-order valence-corrected chi connectivity index (χ1v) is 6.81. The van der Waals surface area contributed by atoms with E-state index in [1.54, 1.807) is 47.4 Å². The van der Waals surface area contributed by atoms with Gasteiger partial charge in [0.15, 0.2) is 0 Å². The van der Waals surface area contributed by atoms with Crippen molar-refractivity contribution in [1.29, 1.82) is 0 Å². The van der Waals surface area contributed by atoms with Crippen molar-refractivity contribution in [3.05, 3.63) is 52.8 Å². The SMILES string of the molecule is Cc1cc(C(N)=O)n(CC(C)c2ccc(C(=O)NO)cc2)n1. The Kier molecular flexibility index (Phi) is 4.57. The fraction of sp³-hybridized carbons (Fsp3) is 0.267. The topological polar surface area (TPSA) is 110 Å². The summed E-state index contributed by atoms with van der Waals surface area (Å²) in [6.07, 6.45) is 0. The third-order valence-corrected chi connectivity index (χ3v) is 3.44. The molecule has 0 saturated carbocycles. The molecule has 0 radical (unpaired) electrons. The van der Waals surface area contributed by atoms with Crippen LogP contribution in [0.5, 0.6) is 0 Å². The van der Waals surface area contributed by atoms with Crippen molar-refractivity contribution in [1.82, 2.24) is 15.3 Å². The molecule has 0 aliphatic rings. The fourth-order valence-corrected chi connectivity index (χ4v) is 2.28. The second kappa shape index (κ2) is 6.40. The van der Waals surface area contributed by atoms with E-state index in [-0.39, 0.29) is 5.92 Å². The summed E-state index contributed by atoms with van der Waals surface area (Å²) < 4.78 is 1.59. The van der Waals surface area contributed by atoms with E-state index in [2.05, 4.69) is 5.10 Å². The van der Waals surface area contributed by atoms with Gasteiger partial charge in [-0.05, 0) is 30.7 Å². The number of hydrogen-bond acceptors (Lipinski definition) is 4. The molecule has 0 saturated heterocycles. The molecule has 0 aliphatic carbocycles. The molecule has 0 aliphatic heterocycles. The molecule has 2 rings (SSSR count). The van der Waals surface area contributed by atoms with Crippen LogP contribution >= 0.6 is 0 Å². The van der Waals surface area contributed by atoms with E-state index in [1.165, 1.54) is 0 Å². The van der Waals surface area contributed by atoms with Crippen LogP contribution in [0.25, 0.3) is 0 Å². The first kappa shape index (κ1) is 15.7. The molecule has 1 heterocycles. The number of nitrogens with one attached hydrogen (secondary N) is 1. The number of nitrogens with two attached hydrogens (primary N) is 1. The maximum atomic E-state index is 11.4. The van der Waals surface area contributed by atoms with Gasteiger partial charge in [0.1, 0.15) is 5.69 Å². The minimum absolute atomic E-state index is 0.0728. The lowest BCUT2D eigenvalue weighted by molar-refractivity contribution is 0.0706. The summed E-state index contributed by atoms with van der Waals surface area (Å²) in [4.78, 5) is 22.7. The van der Waals surface area contributed by atoms with E-state index < -0.39 is 11.8 Å². The van der Waals surface area contributed by atoms with Gasteiger partial charge < -0.3 is 5.73 Å². The molecule has 7 nitrogen and oxygen atoms in total. The van der Waals surface area contributed by atoms with Crippen molar-refractivity contribution in [3.8, 4) is 0 Å². The zero-order valence-corrected chi connectivity index (χ0v) is 12.4. The van der Waals surface area contributed by atoms with E-state index in [4.69, 9.17) is 10.9 Å². The number of hydroxylamine groups is 1. The zero-order chi connectivity index (χ0) is 16.3. The quantitative estimate of drug-likeness (QED) is 0.569. The van der Waals surface area contributed by atoms with Crippen LogP contribution < -0.4 is 11.2 Å². The maximum Gasteiger partial charge on any atom is 0.274 e. The molecule has 1 aromatic carbocycles. The Labute approximate surface area is 127 Å². The molecule has 22 heavy (non-hydrogen) atoms. The predicted octanol–water partition coefficient (Wildman–Crippen LogP) is 1.21. The maximum absolute atomic E-state index is 11.4. The predicted molar refractivity (Wildman–Crippen MR) is 79.6 cm³/mol. The normalized spacial score (nSPS) is 12.0. The van der Waals surface area contributed by atoms with E-state index in [0.717, 1.165) is 11.3 Å². The van der Waals surface area contributed by atoms with E-state index >= 15 is 0 Å². The van der Waals surface area contributed by atoms with Crippen molar-refractivity contribution in [2.75, 3.05) is 0 Å². The molecule has 116 valence electrons. The summed E-state index contributed by atoms with van der Waals surface area (Å²) in [5.74, 6) is -0.996. The number of benzene rings is 1. The van der Waals surface area contributed by atoms with Crippen molar-refractivity contribution in [2.45, 2.75) is 26.3 Å². The van der Waals surface area contributed by atoms with Gasteiger partial charge in [-0.3, -0.25) is 19.5 Å². The van der Waals surface area contributed by atoms with Gasteiger partial charge in [0, 0.05) is 18.0 Å². The summed E-state index contributed by atoms with van der Waals surface area (Å²) in [5, 5.41) is 12.9. The Balaban J connectivity index is 2.17. The van der Waals surface area contributed by atoms with Crippen LogP contribution in [0.4, 0.5) is 0 Å². The molecule has 4 N–H and O–H groups in total. The number of aromatic nitrogens is 2. The summed E-state index contributed by atoms with van der Waals surface area (Å²) in [6, 6.07) is 8.51. The third kappa shape index (κ3) is 3.32. The monoisotopic (exact) mass is 302 g/mol. The molecule has 0 bridgehead atoms. The summed E-state index contributed by atoms with van der Waals surface area (Å²) in [7, 11) is 0. The highest BCUT2D eigenvalue weighted by atomic mass is 16.5. The first-order valence-electron chi connectivity index (χ1n) is 6.81. The number of aryl methyl sites for hydroxylation is 1. The van der Waals surface area contributed by atoms with Crippen LogP contribution in [-0.4, -0.2) is 26.8 Å². The molecule has 2 amide bonds. The smallest absolute Gasteiger partial charge is 0.274 e. The number of nitrogens with zero attached hydrogens (tertiary/aromatic N) is 2. The average Bonchev–Trinajstić information content (AvgIpc) is 2.87. The van der Waals surface area contributed by atoms with Gasteiger partial charge in [0.05, 0.1) is 5.69 Å². The second-order valence-corrected chi connectivity index (χ2v) is 5.18. The number of carbonyl (C=O) groups excluding carboxylic acids is 2. The Morgan fingerprint density at radius 2 is 2.00 bits per heavy atom. The molecule has 1 atom stereocenters.